The van der Waals surface area contributed by atoms with Crippen LogP contribution in [0.5, 0.6) is 5.75 Å². The number of carboxylic acid groups (broad SMARTS) is 1. The van der Waals surface area contributed by atoms with Crippen molar-refractivity contribution in [3.63, 3.8) is 0 Å². The van der Waals surface area contributed by atoms with Crippen LogP contribution in [-0.2, 0) is 0 Å². The Balaban J connectivity index is 1.95. The Morgan fingerprint density at radius 1 is 1.04 bits per heavy atom. The minimum Gasteiger partial charge on any atom is -0.507 e. The monoisotopic (exact) mass is 321 g/mol. The van der Waals surface area contributed by atoms with Gasteiger partial charge in [-0.1, -0.05) is 30.3 Å². The van der Waals surface area contributed by atoms with Crippen LogP contribution < -0.4 is 5.32 Å². The normalized spacial score (nSPS) is 10.4. The Morgan fingerprint density at radius 3 is 2.50 bits per heavy atom. The van der Waals surface area contributed by atoms with Gasteiger partial charge >= 0.3 is 5.97 Å². The highest BCUT2D eigenvalue weighted by atomic mass is 16.4. The van der Waals surface area contributed by atoms with Gasteiger partial charge in [-0.2, -0.15) is 0 Å². The van der Waals surface area contributed by atoms with E-state index in [9.17, 15) is 9.90 Å². The molecule has 3 rings (SSSR count). The second kappa shape index (κ2) is 6.37. The minimum absolute atomic E-state index is 0.172. The number of nitrogens with zero attached hydrogens (tertiary/aromatic N) is 2. The molecular weight excluding hydrogens is 306 g/mol. The lowest BCUT2D eigenvalue weighted by atomic mass is 10.1. The van der Waals surface area contributed by atoms with Gasteiger partial charge in [-0.05, 0) is 25.1 Å². The summed E-state index contributed by atoms with van der Waals surface area (Å²) in [5.41, 5.74) is 2.07. The fraction of sp³-hybridized carbons (Fsp3) is 0.0556. The van der Waals surface area contributed by atoms with Gasteiger partial charge in [-0.15, -0.1) is 0 Å². The van der Waals surface area contributed by atoms with Gasteiger partial charge in [0.25, 0.3) is 0 Å². The summed E-state index contributed by atoms with van der Waals surface area (Å²) in [5.74, 6) is -0.337. The SMILES string of the molecule is Cc1nc(Nc2ccc(O)c(C(=O)O)c2)cc(-c2ccccc2)n1. The fourth-order valence-electron chi connectivity index (χ4n) is 2.32. The van der Waals surface area contributed by atoms with Crippen molar-refractivity contribution in [2.24, 2.45) is 0 Å². The van der Waals surface area contributed by atoms with Crippen LogP contribution in [0.4, 0.5) is 11.5 Å². The number of carboxylic acids is 1. The van der Waals surface area contributed by atoms with E-state index in [4.69, 9.17) is 5.11 Å². The zero-order chi connectivity index (χ0) is 17.1. The van der Waals surface area contributed by atoms with E-state index in [0.717, 1.165) is 11.3 Å². The summed E-state index contributed by atoms with van der Waals surface area (Å²) in [6, 6.07) is 15.8. The summed E-state index contributed by atoms with van der Waals surface area (Å²) in [6.07, 6.45) is 0. The number of hydrogen-bond acceptors (Lipinski definition) is 5. The number of aromatic nitrogens is 2. The van der Waals surface area contributed by atoms with Gasteiger partial charge in [-0.3, -0.25) is 0 Å². The molecule has 0 aliphatic carbocycles. The van der Waals surface area contributed by atoms with Crippen molar-refractivity contribution in [2.75, 3.05) is 5.32 Å². The number of anilines is 2. The number of phenols is 1. The molecule has 0 aliphatic heterocycles. The maximum atomic E-state index is 11.1. The van der Waals surface area contributed by atoms with Crippen molar-refractivity contribution in [2.45, 2.75) is 6.92 Å². The molecule has 3 N–H and O–H groups in total. The fourth-order valence-corrected chi connectivity index (χ4v) is 2.32. The van der Waals surface area contributed by atoms with Crippen molar-refractivity contribution in [3.8, 4) is 17.0 Å². The number of aryl methyl sites for hydroxylation is 1. The van der Waals surface area contributed by atoms with E-state index in [1.165, 1.54) is 12.1 Å². The summed E-state index contributed by atoms with van der Waals surface area (Å²) < 4.78 is 0. The summed E-state index contributed by atoms with van der Waals surface area (Å²) >= 11 is 0. The van der Waals surface area contributed by atoms with E-state index in [-0.39, 0.29) is 11.3 Å². The first-order valence-corrected chi connectivity index (χ1v) is 7.27. The lowest BCUT2D eigenvalue weighted by molar-refractivity contribution is 0.0694. The predicted octanol–water partition coefficient (Wildman–Crippen LogP) is 3.60. The Hall–Kier alpha value is -3.41. The molecule has 0 saturated carbocycles. The molecule has 0 radical (unpaired) electrons. The summed E-state index contributed by atoms with van der Waals surface area (Å²) in [6.45, 7) is 1.79. The molecule has 6 nitrogen and oxygen atoms in total. The second-order valence-electron chi connectivity index (χ2n) is 5.21. The highest BCUT2D eigenvalue weighted by Gasteiger charge is 2.11. The molecule has 0 atom stereocenters. The molecule has 3 aromatic rings. The van der Waals surface area contributed by atoms with Crippen molar-refractivity contribution in [3.05, 3.63) is 66.0 Å². The van der Waals surface area contributed by atoms with Crippen molar-refractivity contribution >= 4 is 17.5 Å². The molecule has 0 bridgehead atoms. The smallest absolute Gasteiger partial charge is 0.339 e. The molecule has 1 aromatic heterocycles. The highest BCUT2D eigenvalue weighted by molar-refractivity contribution is 5.92. The molecule has 0 aliphatic rings. The molecule has 0 saturated heterocycles. The van der Waals surface area contributed by atoms with E-state index < -0.39 is 5.97 Å². The van der Waals surface area contributed by atoms with E-state index in [2.05, 4.69) is 15.3 Å². The van der Waals surface area contributed by atoms with Crippen LogP contribution in [0.2, 0.25) is 0 Å². The molecule has 24 heavy (non-hydrogen) atoms. The van der Waals surface area contributed by atoms with Gasteiger partial charge in [0.1, 0.15) is 23.0 Å². The van der Waals surface area contributed by atoms with Crippen molar-refractivity contribution < 1.29 is 15.0 Å². The molecule has 0 amide bonds. The molecule has 0 fully saturated rings. The minimum atomic E-state index is -1.19. The number of benzene rings is 2. The van der Waals surface area contributed by atoms with E-state index in [1.54, 1.807) is 19.1 Å². The van der Waals surface area contributed by atoms with Crippen LogP contribution in [0.1, 0.15) is 16.2 Å². The van der Waals surface area contributed by atoms with Crippen molar-refractivity contribution in [1.29, 1.82) is 0 Å². The van der Waals surface area contributed by atoms with Gasteiger partial charge in [0, 0.05) is 17.3 Å². The van der Waals surface area contributed by atoms with Gasteiger partial charge in [-0.25, -0.2) is 14.8 Å². The first-order chi connectivity index (χ1) is 11.5. The molecule has 120 valence electrons. The highest BCUT2D eigenvalue weighted by Crippen LogP contribution is 2.25. The summed E-state index contributed by atoms with van der Waals surface area (Å²) in [7, 11) is 0. The third-order valence-corrected chi connectivity index (χ3v) is 3.41. The second-order valence-corrected chi connectivity index (χ2v) is 5.21. The Morgan fingerprint density at radius 2 is 1.79 bits per heavy atom. The van der Waals surface area contributed by atoms with Crippen LogP contribution in [0.25, 0.3) is 11.3 Å². The van der Waals surface area contributed by atoms with Crippen molar-refractivity contribution in [1.82, 2.24) is 9.97 Å². The summed E-state index contributed by atoms with van der Waals surface area (Å²) in [4.78, 5) is 19.8. The van der Waals surface area contributed by atoms with E-state index >= 15 is 0 Å². The van der Waals surface area contributed by atoms with Crippen LogP contribution in [-0.4, -0.2) is 26.2 Å². The Kier molecular flexibility index (Phi) is 4.11. The first-order valence-electron chi connectivity index (χ1n) is 7.27. The average molecular weight is 321 g/mol. The van der Waals surface area contributed by atoms with E-state index in [1.807, 2.05) is 30.3 Å². The third-order valence-electron chi connectivity index (χ3n) is 3.41. The van der Waals surface area contributed by atoms with E-state index in [0.29, 0.717) is 17.3 Å². The largest absolute Gasteiger partial charge is 0.507 e. The number of rotatable bonds is 4. The van der Waals surface area contributed by atoms with Crippen LogP contribution >= 0.6 is 0 Å². The zero-order valence-corrected chi connectivity index (χ0v) is 12.9. The number of aromatic hydroxyl groups is 1. The first kappa shape index (κ1) is 15.5. The molecule has 2 aromatic carbocycles. The van der Waals surface area contributed by atoms with Gasteiger partial charge in [0.2, 0.25) is 0 Å². The number of carbonyl (C=O) groups is 1. The Labute approximate surface area is 138 Å². The summed E-state index contributed by atoms with van der Waals surface area (Å²) in [5, 5.41) is 21.7. The molecule has 0 unspecified atom stereocenters. The van der Waals surface area contributed by atoms with Crippen LogP contribution in [0.3, 0.4) is 0 Å². The maximum absolute atomic E-state index is 11.1. The number of nitrogens with one attached hydrogen (secondary N) is 1. The Bertz CT molecular complexity index is 895. The van der Waals surface area contributed by atoms with Crippen LogP contribution in [0.15, 0.2) is 54.6 Å². The zero-order valence-electron chi connectivity index (χ0n) is 12.9. The standard InChI is InChI=1S/C18H15N3O3/c1-11-19-15(12-5-3-2-4-6-12)10-17(20-11)21-13-7-8-16(22)14(9-13)18(23)24/h2-10,22H,1H3,(H,23,24)(H,19,20,21). The quantitative estimate of drug-likeness (QED) is 0.636. The topological polar surface area (TPSA) is 95.3 Å². The average Bonchev–Trinajstić information content (AvgIpc) is 2.56. The third kappa shape index (κ3) is 3.33. The lowest BCUT2D eigenvalue weighted by Gasteiger charge is -2.10. The van der Waals surface area contributed by atoms with Crippen LogP contribution in [0, 0.1) is 6.92 Å². The molecule has 1 heterocycles. The molecular formula is C18H15N3O3. The number of hydrogen-bond donors (Lipinski definition) is 3. The molecule has 0 spiro atoms. The predicted molar refractivity (Wildman–Crippen MR) is 90.6 cm³/mol. The lowest BCUT2D eigenvalue weighted by Crippen LogP contribution is -2.01. The van der Waals surface area contributed by atoms with Gasteiger partial charge < -0.3 is 15.5 Å². The molecule has 6 heteroatoms. The maximum Gasteiger partial charge on any atom is 0.339 e. The number of aromatic carboxylic acids is 1. The van der Waals surface area contributed by atoms with Gasteiger partial charge in [0.05, 0.1) is 5.69 Å². The van der Waals surface area contributed by atoms with Gasteiger partial charge in [0.15, 0.2) is 0 Å².